The van der Waals surface area contributed by atoms with Crippen molar-refractivity contribution in [1.29, 1.82) is 0 Å². The molecule has 5 nitrogen and oxygen atoms in total. The van der Waals surface area contributed by atoms with E-state index in [1.165, 1.54) is 32.5 Å². The number of piperidine rings is 1. The van der Waals surface area contributed by atoms with Crippen LogP contribution in [0.3, 0.4) is 0 Å². The summed E-state index contributed by atoms with van der Waals surface area (Å²) in [6.45, 7) is 7.21. The monoisotopic (exact) mass is 318 g/mol. The average molecular weight is 318 g/mol. The van der Waals surface area contributed by atoms with Crippen LogP contribution in [-0.4, -0.2) is 44.1 Å². The second-order valence-corrected chi connectivity index (χ2v) is 6.15. The molecule has 0 atom stereocenters. The molecule has 1 aliphatic rings. The van der Waals surface area contributed by atoms with E-state index in [0.717, 1.165) is 30.1 Å². The summed E-state index contributed by atoms with van der Waals surface area (Å²) in [6, 6.07) is 8.00. The first-order valence-corrected chi connectivity index (χ1v) is 8.59. The summed E-state index contributed by atoms with van der Waals surface area (Å²) in [7, 11) is 1.69. The number of hydrogen-bond donors (Lipinski definition) is 2. The zero-order chi connectivity index (χ0) is 16.5. The van der Waals surface area contributed by atoms with Crippen LogP contribution >= 0.6 is 0 Å². The molecule has 0 spiro atoms. The number of aliphatic imine (C=N–C) groups is 1. The van der Waals surface area contributed by atoms with Gasteiger partial charge in [0.1, 0.15) is 0 Å². The molecule has 23 heavy (non-hydrogen) atoms. The van der Waals surface area contributed by atoms with Crippen LogP contribution in [0.5, 0.6) is 0 Å². The average Bonchev–Trinajstić information content (AvgIpc) is 2.57. The fourth-order valence-corrected chi connectivity index (χ4v) is 3.06. The highest BCUT2D eigenvalue weighted by Crippen LogP contribution is 2.20. The van der Waals surface area contributed by atoms with E-state index in [9.17, 15) is 0 Å². The number of rotatable bonds is 7. The number of para-hydroxylation sites is 1. The molecule has 128 valence electrons. The standard InChI is InChI=1S/C18H30N4O/c1-3-22-12-9-15(10-13-22)8-11-20-18(19)21-17-7-5-4-6-16(17)14-23-2/h4-7,15H,3,8-14H2,1-2H3,(H3,19,20,21). The highest BCUT2D eigenvalue weighted by molar-refractivity contribution is 5.92. The minimum absolute atomic E-state index is 0.486. The van der Waals surface area contributed by atoms with Gasteiger partial charge in [-0.25, -0.2) is 0 Å². The minimum atomic E-state index is 0.486. The van der Waals surface area contributed by atoms with Crippen molar-refractivity contribution < 1.29 is 4.74 Å². The van der Waals surface area contributed by atoms with E-state index in [4.69, 9.17) is 10.5 Å². The number of anilines is 1. The molecule has 0 radical (unpaired) electrons. The summed E-state index contributed by atoms with van der Waals surface area (Å²) in [4.78, 5) is 7.00. The molecule has 3 N–H and O–H groups in total. The van der Waals surface area contributed by atoms with E-state index >= 15 is 0 Å². The minimum Gasteiger partial charge on any atom is -0.380 e. The first kappa shape index (κ1) is 17.8. The number of nitrogens with zero attached hydrogens (tertiary/aromatic N) is 2. The van der Waals surface area contributed by atoms with Gasteiger partial charge in [0.05, 0.1) is 6.61 Å². The van der Waals surface area contributed by atoms with Crippen molar-refractivity contribution >= 4 is 11.6 Å². The van der Waals surface area contributed by atoms with Gasteiger partial charge in [0, 0.05) is 24.9 Å². The van der Waals surface area contributed by atoms with Crippen molar-refractivity contribution in [2.75, 3.05) is 38.6 Å². The van der Waals surface area contributed by atoms with Crippen LogP contribution in [0.2, 0.25) is 0 Å². The number of ether oxygens (including phenoxy) is 1. The lowest BCUT2D eigenvalue weighted by atomic mass is 9.94. The quantitative estimate of drug-likeness (QED) is 0.599. The summed E-state index contributed by atoms with van der Waals surface area (Å²) in [6.07, 6.45) is 3.69. The molecule has 5 heteroatoms. The molecule has 2 rings (SSSR count). The Bertz CT molecular complexity index is 496. The normalized spacial score (nSPS) is 17.4. The predicted molar refractivity (Wildman–Crippen MR) is 96.7 cm³/mol. The van der Waals surface area contributed by atoms with Crippen LogP contribution in [-0.2, 0) is 11.3 Å². The Hall–Kier alpha value is -1.59. The maximum atomic E-state index is 6.02. The third-order valence-corrected chi connectivity index (χ3v) is 4.55. The largest absolute Gasteiger partial charge is 0.380 e. The Morgan fingerprint density at radius 2 is 2.09 bits per heavy atom. The summed E-state index contributed by atoms with van der Waals surface area (Å²) in [5, 5.41) is 3.19. The Kier molecular flexibility index (Phi) is 7.36. The topological polar surface area (TPSA) is 62.9 Å². The summed E-state index contributed by atoms with van der Waals surface area (Å²) >= 11 is 0. The van der Waals surface area contributed by atoms with Crippen LogP contribution in [0.4, 0.5) is 5.69 Å². The van der Waals surface area contributed by atoms with Crippen LogP contribution in [0.1, 0.15) is 31.7 Å². The zero-order valence-electron chi connectivity index (χ0n) is 14.4. The molecule has 0 aromatic heterocycles. The lowest BCUT2D eigenvalue weighted by Crippen LogP contribution is -2.33. The highest BCUT2D eigenvalue weighted by atomic mass is 16.5. The van der Waals surface area contributed by atoms with Gasteiger partial charge in [-0.1, -0.05) is 25.1 Å². The first-order chi connectivity index (χ1) is 11.2. The molecule has 0 bridgehead atoms. The van der Waals surface area contributed by atoms with Crippen LogP contribution < -0.4 is 11.1 Å². The number of guanidine groups is 1. The van der Waals surface area contributed by atoms with Crippen molar-refractivity contribution in [3.8, 4) is 0 Å². The van der Waals surface area contributed by atoms with Crippen molar-refractivity contribution in [2.45, 2.75) is 32.8 Å². The van der Waals surface area contributed by atoms with Crippen LogP contribution in [0, 0.1) is 5.92 Å². The molecule has 1 aromatic rings. The number of nitrogens with two attached hydrogens (primary N) is 1. The molecule has 0 aliphatic carbocycles. The van der Waals surface area contributed by atoms with Gasteiger partial charge in [0.25, 0.3) is 0 Å². The van der Waals surface area contributed by atoms with Gasteiger partial charge in [-0.15, -0.1) is 0 Å². The van der Waals surface area contributed by atoms with E-state index in [1.54, 1.807) is 7.11 Å². The van der Waals surface area contributed by atoms with Gasteiger partial charge in [-0.3, -0.25) is 4.99 Å². The van der Waals surface area contributed by atoms with Crippen molar-refractivity contribution in [1.82, 2.24) is 4.90 Å². The summed E-state index contributed by atoms with van der Waals surface area (Å²) in [5.74, 6) is 1.27. The van der Waals surface area contributed by atoms with Gasteiger partial charge >= 0.3 is 0 Å². The zero-order valence-corrected chi connectivity index (χ0v) is 14.4. The number of hydrogen-bond acceptors (Lipinski definition) is 3. The smallest absolute Gasteiger partial charge is 0.193 e. The van der Waals surface area contributed by atoms with E-state index in [0.29, 0.717) is 12.6 Å². The molecular formula is C18H30N4O. The summed E-state index contributed by atoms with van der Waals surface area (Å²) in [5.41, 5.74) is 8.07. The molecule has 1 aromatic carbocycles. The van der Waals surface area contributed by atoms with Crippen LogP contribution in [0.15, 0.2) is 29.3 Å². The van der Waals surface area contributed by atoms with Gasteiger partial charge in [0.2, 0.25) is 0 Å². The fourth-order valence-electron chi connectivity index (χ4n) is 3.06. The lowest BCUT2D eigenvalue weighted by Gasteiger charge is -2.30. The molecule has 1 heterocycles. The second-order valence-electron chi connectivity index (χ2n) is 6.15. The number of methoxy groups -OCH3 is 1. The Morgan fingerprint density at radius 3 is 2.78 bits per heavy atom. The third kappa shape index (κ3) is 5.84. The van der Waals surface area contributed by atoms with E-state index in [1.807, 2.05) is 24.3 Å². The van der Waals surface area contributed by atoms with Crippen molar-refractivity contribution in [3.05, 3.63) is 29.8 Å². The molecule has 1 aliphatic heterocycles. The second kappa shape index (κ2) is 9.53. The predicted octanol–water partition coefficient (Wildman–Crippen LogP) is 2.68. The highest BCUT2D eigenvalue weighted by Gasteiger charge is 2.17. The third-order valence-electron chi connectivity index (χ3n) is 4.55. The number of likely N-dealkylation sites (tertiary alicyclic amines) is 1. The van der Waals surface area contributed by atoms with E-state index < -0.39 is 0 Å². The van der Waals surface area contributed by atoms with Gasteiger partial charge in [-0.05, 0) is 50.9 Å². The van der Waals surface area contributed by atoms with Gasteiger partial charge < -0.3 is 20.7 Å². The van der Waals surface area contributed by atoms with Gasteiger partial charge in [0.15, 0.2) is 5.96 Å². The molecule has 0 amide bonds. The Labute approximate surface area is 139 Å². The molecule has 0 saturated carbocycles. The maximum absolute atomic E-state index is 6.02. The van der Waals surface area contributed by atoms with E-state index in [-0.39, 0.29) is 0 Å². The van der Waals surface area contributed by atoms with Crippen LogP contribution in [0.25, 0.3) is 0 Å². The number of nitrogens with one attached hydrogen (secondary N) is 1. The Morgan fingerprint density at radius 1 is 1.35 bits per heavy atom. The van der Waals surface area contributed by atoms with Gasteiger partial charge in [-0.2, -0.15) is 0 Å². The summed E-state index contributed by atoms with van der Waals surface area (Å²) < 4.78 is 5.20. The molecule has 0 unspecified atom stereocenters. The molecule has 1 fully saturated rings. The number of benzene rings is 1. The Balaban J connectivity index is 1.77. The fraction of sp³-hybridized carbons (Fsp3) is 0.611. The van der Waals surface area contributed by atoms with E-state index in [2.05, 4.69) is 22.1 Å². The molecular weight excluding hydrogens is 288 g/mol. The lowest BCUT2D eigenvalue weighted by molar-refractivity contribution is 0.185. The van der Waals surface area contributed by atoms with Crippen molar-refractivity contribution in [3.63, 3.8) is 0 Å². The SMILES string of the molecule is CCN1CCC(CCN=C(N)Nc2ccccc2COC)CC1. The van der Waals surface area contributed by atoms with Crippen molar-refractivity contribution in [2.24, 2.45) is 16.6 Å². The molecule has 1 saturated heterocycles. The maximum Gasteiger partial charge on any atom is 0.193 e. The first-order valence-electron chi connectivity index (χ1n) is 8.59.